The lowest BCUT2D eigenvalue weighted by molar-refractivity contribution is 0.0938. The van der Waals surface area contributed by atoms with Crippen LogP contribution >= 0.6 is 15.9 Å². The summed E-state index contributed by atoms with van der Waals surface area (Å²) in [7, 11) is 0. The molecule has 1 aromatic heterocycles. The van der Waals surface area contributed by atoms with Gasteiger partial charge in [-0.15, -0.1) is 0 Å². The Morgan fingerprint density at radius 2 is 1.84 bits per heavy atom. The van der Waals surface area contributed by atoms with Gasteiger partial charge < -0.3 is 20.1 Å². The van der Waals surface area contributed by atoms with Gasteiger partial charge in [0.1, 0.15) is 0 Å². The van der Waals surface area contributed by atoms with E-state index in [1.807, 2.05) is 60.9 Å². The Balaban J connectivity index is 1.49. The molecule has 0 unspecified atom stereocenters. The highest BCUT2D eigenvalue weighted by atomic mass is 79.9. The zero-order valence-corrected chi connectivity index (χ0v) is 22.6. The Morgan fingerprint density at radius 3 is 2.62 bits per heavy atom. The van der Waals surface area contributed by atoms with Crippen molar-refractivity contribution in [1.82, 2.24) is 9.88 Å². The van der Waals surface area contributed by atoms with Crippen LogP contribution < -0.4 is 21.1 Å². The van der Waals surface area contributed by atoms with Crippen molar-refractivity contribution in [2.45, 2.75) is 45.2 Å². The SMILES string of the molecule is CC[C@H](C)NC(=O)c1ccc(N2C[C@H]3C[C@@H](C2)c2cccc(=O)n2C3)c(NC(=O)c2ccccc2Br)c1. The molecule has 0 saturated carbocycles. The number of halogens is 1. The van der Waals surface area contributed by atoms with Crippen molar-refractivity contribution in [2.75, 3.05) is 23.3 Å². The summed E-state index contributed by atoms with van der Waals surface area (Å²) in [6, 6.07) is 18.4. The Bertz CT molecular complexity index is 1400. The number of anilines is 2. The molecule has 1 fully saturated rings. The molecule has 7 nitrogen and oxygen atoms in total. The highest BCUT2D eigenvalue weighted by molar-refractivity contribution is 9.10. The molecule has 3 aromatic rings. The van der Waals surface area contributed by atoms with E-state index >= 15 is 0 Å². The number of pyridine rings is 1. The van der Waals surface area contributed by atoms with Gasteiger partial charge in [0.15, 0.2) is 0 Å². The summed E-state index contributed by atoms with van der Waals surface area (Å²) in [6.45, 7) is 6.19. The number of amides is 2. The first-order valence-corrected chi connectivity index (χ1v) is 13.6. The maximum Gasteiger partial charge on any atom is 0.256 e. The average molecular weight is 563 g/mol. The number of benzene rings is 2. The van der Waals surface area contributed by atoms with E-state index in [0.717, 1.165) is 37.3 Å². The molecule has 192 valence electrons. The number of rotatable bonds is 6. The van der Waals surface area contributed by atoms with Gasteiger partial charge in [0.2, 0.25) is 0 Å². The standard InChI is InChI=1S/C29H31BrN4O3/c1-3-18(2)31-28(36)20-11-12-26(24(14-20)32-29(37)22-7-4-5-8-23(22)30)33-15-19-13-21(17-33)25-9-6-10-27(35)34(25)16-19/h4-12,14,18-19,21H,3,13,15-17H2,1-2H3,(H,31,36)(H,32,37)/t18-,19+,21-/m0/s1. The van der Waals surface area contributed by atoms with Crippen molar-refractivity contribution in [3.8, 4) is 0 Å². The lowest BCUT2D eigenvalue weighted by Crippen LogP contribution is -2.47. The molecule has 2 aliphatic rings. The lowest BCUT2D eigenvalue weighted by Gasteiger charge is -2.44. The third-order valence-corrected chi connectivity index (χ3v) is 8.13. The van der Waals surface area contributed by atoms with Crippen molar-refractivity contribution in [3.63, 3.8) is 0 Å². The fraction of sp³-hybridized carbons (Fsp3) is 0.345. The number of piperidine rings is 1. The van der Waals surface area contributed by atoms with Gasteiger partial charge in [-0.1, -0.05) is 25.1 Å². The predicted molar refractivity (Wildman–Crippen MR) is 150 cm³/mol. The topological polar surface area (TPSA) is 83.4 Å². The Kier molecular flexibility index (Phi) is 7.20. The lowest BCUT2D eigenvalue weighted by atomic mass is 9.83. The van der Waals surface area contributed by atoms with Crippen LogP contribution in [0.4, 0.5) is 11.4 Å². The number of carbonyl (C=O) groups is 2. The largest absolute Gasteiger partial charge is 0.369 e. The number of carbonyl (C=O) groups excluding carboxylic acids is 2. The predicted octanol–water partition coefficient (Wildman–Crippen LogP) is 5.02. The average Bonchev–Trinajstić information content (AvgIpc) is 2.89. The summed E-state index contributed by atoms with van der Waals surface area (Å²) >= 11 is 3.47. The molecule has 3 heterocycles. The molecule has 1 saturated heterocycles. The molecule has 2 aliphatic heterocycles. The van der Waals surface area contributed by atoms with Gasteiger partial charge in [-0.2, -0.15) is 0 Å². The first-order valence-electron chi connectivity index (χ1n) is 12.8. The van der Waals surface area contributed by atoms with Crippen molar-refractivity contribution < 1.29 is 9.59 Å². The highest BCUT2D eigenvalue weighted by Crippen LogP contribution is 2.39. The normalized spacial score (nSPS) is 19.1. The van der Waals surface area contributed by atoms with Crippen LogP contribution in [0.25, 0.3) is 0 Å². The molecule has 5 rings (SSSR count). The van der Waals surface area contributed by atoms with Crippen molar-refractivity contribution in [1.29, 1.82) is 0 Å². The first kappa shape index (κ1) is 25.3. The molecule has 37 heavy (non-hydrogen) atoms. The van der Waals surface area contributed by atoms with Crippen LogP contribution in [0.2, 0.25) is 0 Å². The van der Waals surface area contributed by atoms with Gasteiger partial charge in [0.05, 0.1) is 16.9 Å². The van der Waals surface area contributed by atoms with E-state index in [9.17, 15) is 14.4 Å². The van der Waals surface area contributed by atoms with Crippen LogP contribution in [0.3, 0.4) is 0 Å². The minimum Gasteiger partial charge on any atom is -0.369 e. The monoisotopic (exact) mass is 562 g/mol. The number of nitrogens with one attached hydrogen (secondary N) is 2. The van der Waals surface area contributed by atoms with Gasteiger partial charge in [0, 0.05) is 53.4 Å². The molecular formula is C29H31BrN4O3. The second-order valence-electron chi connectivity index (χ2n) is 10.1. The van der Waals surface area contributed by atoms with Gasteiger partial charge in [-0.25, -0.2) is 0 Å². The van der Waals surface area contributed by atoms with Crippen LogP contribution in [0, 0.1) is 5.92 Å². The molecule has 2 bridgehead atoms. The van der Waals surface area contributed by atoms with E-state index in [1.165, 1.54) is 0 Å². The fourth-order valence-electron chi connectivity index (χ4n) is 5.39. The van der Waals surface area contributed by atoms with E-state index < -0.39 is 0 Å². The van der Waals surface area contributed by atoms with E-state index in [0.29, 0.717) is 33.7 Å². The molecule has 0 radical (unpaired) electrons. The van der Waals surface area contributed by atoms with Gasteiger partial charge in [-0.3, -0.25) is 14.4 Å². The first-order chi connectivity index (χ1) is 17.8. The van der Waals surface area contributed by atoms with Gasteiger partial charge >= 0.3 is 0 Å². The number of fused-ring (bicyclic) bond motifs is 4. The molecule has 8 heteroatoms. The van der Waals surface area contributed by atoms with E-state index in [2.05, 4.69) is 31.5 Å². The second kappa shape index (κ2) is 10.5. The van der Waals surface area contributed by atoms with Crippen molar-refractivity contribution in [2.24, 2.45) is 5.92 Å². The van der Waals surface area contributed by atoms with Crippen molar-refractivity contribution in [3.05, 3.63) is 92.3 Å². The number of nitrogens with zero attached hydrogens (tertiary/aromatic N) is 2. The van der Waals surface area contributed by atoms with E-state index in [1.54, 1.807) is 18.2 Å². The number of hydrogen-bond acceptors (Lipinski definition) is 4. The van der Waals surface area contributed by atoms with Crippen molar-refractivity contribution >= 4 is 39.1 Å². The minimum absolute atomic E-state index is 0.0513. The Labute approximate surface area is 225 Å². The fourth-order valence-corrected chi connectivity index (χ4v) is 5.86. The summed E-state index contributed by atoms with van der Waals surface area (Å²) in [5.41, 5.74) is 3.62. The molecule has 2 aromatic carbocycles. The maximum absolute atomic E-state index is 13.3. The van der Waals surface area contributed by atoms with Crippen LogP contribution in [0.15, 0.2) is 69.9 Å². The Hall–Kier alpha value is -3.39. The summed E-state index contributed by atoms with van der Waals surface area (Å²) in [6.07, 6.45) is 1.87. The van der Waals surface area contributed by atoms with Gasteiger partial charge in [0.25, 0.3) is 17.4 Å². The van der Waals surface area contributed by atoms with Crippen LogP contribution in [0.5, 0.6) is 0 Å². The summed E-state index contributed by atoms with van der Waals surface area (Å²) < 4.78 is 2.61. The zero-order chi connectivity index (χ0) is 26.1. The number of aromatic nitrogens is 1. The summed E-state index contributed by atoms with van der Waals surface area (Å²) in [5.74, 6) is 0.136. The number of hydrogen-bond donors (Lipinski definition) is 2. The minimum atomic E-state index is -0.248. The molecule has 2 N–H and O–H groups in total. The van der Waals surface area contributed by atoms with E-state index in [-0.39, 0.29) is 29.3 Å². The van der Waals surface area contributed by atoms with Crippen LogP contribution in [-0.4, -0.2) is 35.5 Å². The zero-order valence-electron chi connectivity index (χ0n) is 21.0. The summed E-state index contributed by atoms with van der Waals surface area (Å²) in [5, 5.41) is 6.09. The molecule has 0 spiro atoms. The molecule has 2 amide bonds. The second-order valence-corrected chi connectivity index (χ2v) is 10.9. The smallest absolute Gasteiger partial charge is 0.256 e. The van der Waals surface area contributed by atoms with E-state index in [4.69, 9.17) is 0 Å². The third-order valence-electron chi connectivity index (χ3n) is 7.44. The summed E-state index contributed by atoms with van der Waals surface area (Å²) in [4.78, 5) is 40.9. The van der Waals surface area contributed by atoms with Gasteiger partial charge in [-0.05, 0) is 78.0 Å². The molecule has 3 atom stereocenters. The van der Waals surface area contributed by atoms with Crippen LogP contribution in [0.1, 0.15) is 59.0 Å². The maximum atomic E-state index is 13.3. The third kappa shape index (κ3) is 5.21. The van der Waals surface area contributed by atoms with Crippen LogP contribution in [-0.2, 0) is 6.54 Å². The highest BCUT2D eigenvalue weighted by Gasteiger charge is 2.35. The quantitative estimate of drug-likeness (QED) is 0.442. The Morgan fingerprint density at radius 1 is 1.03 bits per heavy atom. The molecular weight excluding hydrogens is 532 g/mol. The molecule has 0 aliphatic carbocycles.